The van der Waals surface area contributed by atoms with Crippen LogP contribution in [0.2, 0.25) is 5.02 Å². The van der Waals surface area contributed by atoms with Crippen molar-refractivity contribution in [1.82, 2.24) is 9.88 Å². The minimum atomic E-state index is -0.583. The second kappa shape index (κ2) is 7.64. The van der Waals surface area contributed by atoms with Crippen molar-refractivity contribution in [2.75, 3.05) is 0 Å². The van der Waals surface area contributed by atoms with Crippen LogP contribution in [0.4, 0.5) is 4.39 Å². The number of nitrogens with zero attached hydrogens (tertiary/aromatic N) is 1. The van der Waals surface area contributed by atoms with E-state index in [9.17, 15) is 18.8 Å². The van der Waals surface area contributed by atoms with E-state index in [0.717, 1.165) is 17.2 Å². The number of amides is 2. The molecule has 0 spiro atoms. The Morgan fingerprint density at radius 3 is 2.48 bits per heavy atom. The van der Waals surface area contributed by atoms with Crippen LogP contribution in [0.3, 0.4) is 0 Å². The lowest BCUT2D eigenvalue weighted by Crippen LogP contribution is -2.39. The molecule has 4 rings (SSSR count). The summed E-state index contributed by atoms with van der Waals surface area (Å²) in [5, 5.41) is 2.81. The smallest absolute Gasteiger partial charge is 0.257 e. The molecule has 2 heterocycles. The van der Waals surface area contributed by atoms with Crippen molar-refractivity contribution in [2.24, 2.45) is 0 Å². The molecule has 29 heavy (non-hydrogen) atoms. The van der Waals surface area contributed by atoms with Crippen LogP contribution >= 0.6 is 11.6 Å². The Morgan fingerprint density at radius 1 is 1.03 bits per heavy atom. The first-order chi connectivity index (χ1) is 13.9. The van der Waals surface area contributed by atoms with Gasteiger partial charge in [-0.3, -0.25) is 24.3 Å². The summed E-state index contributed by atoms with van der Waals surface area (Å²) < 4.78 is 14.5. The summed E-state index contributed by atoms with van der Waals surface area (Å²) in [6, 6.07) is 14.7. The molecule has 146 valence electrons. The van der Waals surface area contributed by atoms with Crippen molar-refractivity contribution in [3.63, 3.8) is 0 Å². The van der Waals surface area contributed by atoms with E-state index >= 15 is 0 Å². The largest absolute Gasteiger partial charge is 0.296 e. The predicted octanol–water partition coefficient (Wildman–Crippen LogP) is 3.82. The molecule has 5 nitrogen and oxygen atoms in total. The van der Waals surface area contributed by atoms with Crippen molar-refractivity contribution >= 4 is 23.4 Å². The first kappa shape index (κ1) is 19.1. The number of nitrogens with one attached hydrogen (secondary N) is 1. The van der Waals surface area contributed by atoms with Gasteiger partial charge in [0.05, 0.1) is 10.9 Å². The van der Waals surface area contributed by atoms with E-state index in [1.165, 1.54) is 16.8 Å². The molecule has 1 atom stereocenters. The zero-order chi connectivity index (χ0) is 20.5. The molecule has 0 aliphatic carbocycles. The number of aromatic nitrogens is 1. The average Bonchev–Trinajstić information content (AvgIpc) is 2.69. The van der Waals surface area contributed by atoms with E-state index in [0.29, 0.717) is 22.7 Å². The van der Waals surface area contributed by atoms with E-state index in [4.69, 9.17) is 11.6 Å². The van der Waals surface area contributed by atoms with Gasteiger partial charge < -0.3 is 0 Å². The molecule has 3 aromatic rings. The normalized spacial score (nSPS) is 16.6. The molecule has 1 unspecified atom stereocenters. The molecular weight excluding hydrogens is 395 g/mol. The molecule has 0 saturated carbocycles. The lowest BCUT2D eigenvalue weighted by Gasteiger charge is -2.23. The molecule has 7 heteroatoms. The van der Waals surface area contributed by atoms with Gasteiger partial charge >= 0.3 is 0 Å². The Morgan fingerprint density at radius 2 is 1.79 bits per heavy atom. The van der Waals surface area contributed by atoms with Crippen LogP contribution in [0.25, 0.3) is 16.8 Å². The number of pyridine rings is 1. The fraction of sp³-hybridized carbons (Fsp3) is 0.136. The lowest BCUT2D eigenvalue weighted by molar-refractivity contribution is -0.134. The molecular formula is C22H16ClFN2O3. The molecule has 1 aromatic heterocycles. The van der Waals surface area contributed by atoms with Crippen molar-refractivity contribution in [3.8, 4) is 16.8 Å². The summed E-state index contributed by atoms with van der Waals surface area (Å²) in [6.07, 6.45) is 2.07. The van der Waals surface area contributed by atoms with Gasteiger partial charge in [-0.25, -0.2) is 4.39 Å². The summed E-state index contributed by atoms with van der Waals surface area (Å²) in [4.78, 5) is 35.6. The maximum atomic E-state index is 13.2. The van der Waals surface area contributed by atoms with E-state index in [1.807, 2.05) is 12.1 Å². The van der Waals surface area contributed by atoms with Crippen LogP contribution in [0.5, 0.6) is 0 Å². The highest BCUT2D eigenvalue weighted by atomic mass is 35.5. The average molecular weight is 411 g/mol. The molecule has 2 amide bonds. The molecule has 1 aliphatic heterocycles. The van der Waals surface area contributed by atoms with E-state index in [1.54, 1.807) is 30.3 Å². The zero-order valence-electron chi connectivity index (χ0n) is 15.2. The predicted molar refractivity (Wildman–Crippen MR) is 108 cm³/mol. The van der Waals surface area contributed by atoms with Crippen molar-refractivity contribution in [2.45, 2.75) is 18.8 Å². The van der Waals surface area contributed by atoms with Crippen molar-refractivity contribution < 1.29 is 14.0 Å². The van der Waals surface area contributed by atoms with Gasteiger partial charge in [-0.05, 0) is 35.7 Å². The van der Waals surface area contributed by atoms with Crippen molar-refractivity contribution in [1.29, 1.82) is 0 Å². The molecule has 1 saturated heterocycles. The summed E-state index contributed by atoms with van der Waals surface area (Å²) >= 11 is 6.62. The second-order valence-corrected chi connectivity index (χ2v) is 7.19. The highest BCUT2D eigenvalue weighted by molar-refractivity contribution is 6.34. The highest BCUT2D eigenvalue weighted by Crippen LogP contribution is 2.37. The zero-order valence-corrected chi connectivity index (χ0v) is 15.9. The van der Waals surface area contributed by atoms with Gasteiger partial charge in [-0.2, -0.15) is 0 Å². The van der Waals surface area contributed by atoms with Gasteiger partial charge in [-0.1, -0.05) is 41.9 Å². The molecule has 0 radical (unpaired) electrons. The molecule has 2 aromatic carbocycles. The molecule has 1 N–H and O–H groups in total. The molecule has 1 fully saturated rings. The summed E-state index contributed by atoms with van der Waals surface area (Å²) in [5.74, 6) is -1.67. The van der Waals surface area contributed by atoms with E-state index < -0.39 is 17.3 Å². The maximum absolute atomic E-state index is 13.2. The van der Waals surface area contributed by atoms with E-state index in [-0.39, 0.29) is 18.2 Å². The van der Waals surface area contributed by atoms with Crippen LogP contribution in [0.15, 0.2) is 65.6 Å². The van der Waals surface area contributed by atoms with Gasteiger partial charge in [-0.15, -0.1) is 0 Å². The van der Waals surface area contributed by atoms with Crippen LogP contribution in [-0.2, 0) is 9.59 Å². The molecule has 1 aliphatic rings. The fourth-order valence-electron chi connectivity index (χ4n) is 3.50. The Kier molecular flexibility index (Phi) is 5.03. The van der Waals surface area contributed by atoms with Gasteiger partial charge in [0, 0.05) is 29.9 Å². The van der Waals surface area contributed by atoms with E-state index in [2.05, 4.69) is 5.32 Å². The number of piperidine rings is 1. The minimum absolute atomic E-state index is 0.273. The quantitative estimate of drug-likeness (QED) is 0.667. The monoisotopic (exact) mass is 410 g/mol. The number of hydrogen-bond acceptors (Lipinski definition) is 3. The Balaban J connectivity index is 1.68. The van der Waals surface area contributed by atoms with Gasteiger partial charge in [0.1, 0.15) is 5.82 Å². The first-order valence-corrected chi connectivity index (χ1v) is 9.43. The van der Waals surface area contributed by atoms with Crippen LogP contribution in [0, 0.1) is 5.82 Å². The first-order valence-electron chi connectivity index (χ1n) is 9.05. The topological polar surface area (TPSA) is 68.2 Å². The van der Waals surface area contributed by atoms with Crippen LogP contribution in [-0.4, -0.2) is 16.4 Å². The Labute approximate surface area is 170 Å². The number of carbonyl (C=O) groups excluding carboxylic acids is 2. The third-order valence-electron chi connectivity index (χ3n) is 4.98. The number of imide groups is 1. The number of hydrogen-bond donors (Lipinski definition) is 1. The third kappa shape index (κ3) is 3.71. The maximum Gasteiger partial charge on any atom is 0.257 e. The van der Waals surface area contributed by atoms with Crippen LogP contribution < -0.4 is 10.9 Å². The summed E-state index contributed by atoms with van der Waals surface area (Å²) in [6.45, 7) is 0. The van der Waals surface area contributed by atoms with Gasteiger partial charge in [0.15, 0.2) is 0 Å². The Bertz CT molecular complexity index is 1170. The number of carbonyl (C=O) groups is 2. The highest BCUT2D eigenvalue weighted by Gasteiger charge is 2.30. The summed E-state index contributed by atoms with van der Waals surface area (Å²) in [5.41, 5.74) is 2.36. The summed E-state index contributed by atoms with van der Waals surface area (Å²) in [7, 11) is 0. The Hall–Kier alpha value is -3.25. The lowest BCUT2D eigenvalue weighted by atomic mass is 9.88. The van der Waals surface area contributed by atoms with Crippen molar-refractivity contribution in [3.05, 3.63) is 87.6 Å². The third-order valence-corrected chi connectivity index (χ3v) is 5.40. The van der Waals surface area contributed by atoms with Gasteiger partial charge in [0.2, 0.25) is 11.8 Å². The standard InChI is InChI=1S/C22H16ClFN2O3/c23-21-16(2-1-3-17(21)18-8-9-19(27)25-22(18)29)13-4-6-15(7-5-13)26-11-10-14(24)12-20(26)28/h1-7,10-12,18H,8-9H2,(H,25,27,29). The minimum Gasteiger partial charge on any atom is -0.296 e. The molecule has 0 bridgehead atoms. The number of benzene rings is 2. The van der Waals surface area contributed by atoms with Crippen LogP contribution in [0.1, 0.15) is 24.3 Å². The van der Waals surface area contributed by atoms with Gasteiger partial charge in [0.25, 0.3) is 5.56 Å². The SMILES string of the molecule is O=C1CCC(c2cccc(-c3ccc(-n4ccc(F)cc4=O)cc3)c2Cl)C(=O)N1. The number of halogens is 2. The fourth-order valence-corrected chi connectivity index (χ4v) is 3.87. The number of rotatable bonds is 3. The second-order valence-electron chi connectivity index (χ2n) is 6.81.